The number of hydrogen-bond donors (Lipinski definition) is 1. The van der Waals surface area contributed by atoms with Crippen molar-refractivity contribution in [3.63, 3.8) is 0 Å². The summed E-state index contributed by atoms with van der Waals surface area (Å²) in [5.41, 5.74) is 1.32. The van der Waals surface area contributed by atoms with E-state index in [1.165, 1.54) is 11.4 Å². The van der Waals surface area contributed by atoms with Crippen LogP contribution < -0.4 is 14.4 Å². The van der Waals surface area contributed by atoms with Crippen LogP contribution >= 0.6 is 11.6 Å². The summed E-state index contributed by atoms with van der Waals surface area (Å²) in [4.78, 5) is 12.4. The number of benzene rings is 2. The van der Waals surface area contributed by atoms with Crippen LogP contribution in [0.3, 0.4) is 0 Å². The summed E-state index contributed by atoms with van der Waals surface area (Å²) in [6, 6.07) is 11.6. The largest absolute Gasteiger partial charge is 0.494 e. The lowest BCUT2D eigenvalue weighted by Gasteiger charge is -2.29. The van der Waals surface area contributed by atoms with Gasteiger partial charge in [-0.15, -0.1) is 0 Å². The monoisotopic (exact) mass is 394 g/mol. The Morgan fingerprint density at radius 2 is 1.96 bits per heavy atom. The number of halogens is 1. The molecule has 0 saturated carbocycles. The Hall–Kier alpha value is -2.25. The number of amides is 1. The normalized spacial score (nSPS) is 16.2. The number of nitrogens with zero attached hydrogens (tertiary/aromatic N) is 1. The van der Waals surface area contributed by atoms with Crippen molar-refractivity contribution in [2.24, 2.45) is 0 Å². The van der Waals surface area contributed by atoms with Crippen molar-refractivity contribution in [2.45, 2.75) is 12.8 Å². The third-order valence-electron chi connectivity index (χ3n) is 4.17. The van der Waals surface area contributed by atoms with E-state index in [-0.39, 0.29) is 11.7 Å². The van der Waals surface area contributed by atoms with Crippen LogP contribution in [-0.2, 0) is 10.0 Å². The molecule has 1 saturated heterocycles. The molecule has 1 aliphatic rings. The molecule has 1 fully saturated rings. The fourth-order valence-electron chi connectivity index (χ4n) is 2.86. The molecule has 1 aliphatic heterocycles. The van der Waals surface area contributed by atoms with Crippen LogP contribution in [0.15, 0.2) is 42.5 Å². The van der Waals surface area contributed by atoms with E-state index in [4.69, 9.17) is 16.3 Å². The topological polar surface area (TPSA) is 75.7 Å². The summed E-state index contributed by atoms with van der Waals surface area (Å²) < 4.78 is 31.4. The van der Waals surface area contributed by atoms with Gasteiger partial charge in [-0.25, -0.2) is 8.42 Å². The van der Waals surface area contributed by atoms with Gasteiger partial charge in [-0.2, -0.15) is 0 Å². The van der Waals surface area contributed by atoms with Gasteiger partial charge < -0.3 is 10.1 Å². The van der Waals surface area contributed by atoms with Crippen molar-refractivity contribution < 1.29 is 17.9 Å². The first-order chi connectivity index (χ1) is 12.4. The van der Waals surface area contributed by atoms with Crippen LogP contribution in [-0.4, -0.2) is 33.7 Å². The van der Waals surface area contributed by atoms with Crippen LogP contribution in [0.4, 0.5) is 11.4 Å². The molecule has 3 rings (SSSR count). The number of ether oxygens (including phenoxy) is 1. The van der Waals surface area contributed by atoms with E-state index in [9.17, 15) is 13.2 Å². The number of hydrogen-bond acceptors (Lipinski definition) is 4. The predicted molar refractivity (Wildman–Crippen MR) is 103 cm³/mol. The highest BCUT2D eigenvalue weighted by Gasteiger charge is 2.28. The minimum Gasteiger partial charge on any atom is -0.494 e. The van der Waals surface area contributed by atoms with Gasteiger partial charge in [0.05, 0.1) is 29.1 Å². The van der Waals surface area contributed by atoms with Crippen LogP contribution in [0, 0.1) is 0 Å². The molecule has 0 aliphatic carbocycles. The van der Waals surface area contributed by atoms with Gasteiger partial charge in [0.1, 0.15) is 5.75 Å². The molecule has 6 nitrogen and oxygen atoms in total. The van der Waals surface area contributed by atoms with Crippen LogP contribution in [0.2, 0.25) is 5.02 Å². The number of anilines is 2. The lowest BCUT2D eigenvalue weighted by molar-refractivity contribution is 0.102. The Kier molecular flexibility index (Phi) is 5.38. The first kappa shape index (κ1) is 18.5. The molecule has 1 heterocycles. The molecular weight excluding hydrogens is 376 g/mol. The maximum absolute atomic E-state index is 12.4. The first-order valence-electron chi connectivity index (χ1n) is 8.17. The molecule has 0 aromatic heterocycles. The van der Waals surface area contributed by atoms with Crippen molar-refractivity contribution >= 4 is 38.9 Å². The second-order valence-electron chi connectivity index (χ2n) is 5.92. The standard InChI is InChI=1S/C18H19ClN2O4S/c1-25-17-12-13(20-18(22)14-6-2-3-7-15(14)19)8-9-16(17)21-10-4-5-11-26(21,23)24/h2-3,6-9,12H,4-5,10-11H2,1H3,(H,20,22). The summed E-state index contributed by atoms with van der Waals surface area (Å²) in [5.74, 6) is 0.157. The Morgan fingerprint density at radius 1 is 1.19 bits per heavy atom. The quantitative estimate of drug-likeness (QED) is 0.860. The van der Waals surface area contributed by atoms with Gasteiger partial charge in [0.2, 0.25) is 10.0 Å². The average molecular weight is 395 g/mol. The second-order valence-corrected chi connectivity index (χ2v) is 8.34. The van der Waals surface area contributed by atoms with E-state index in [0.29, 0.717) is 40.7 Å². The fourth-order valence-corrected chi connectivity index (χ4v) is 4.73. The van der Waals surface area contributed by atoms with E-state index in [0.717, 1.165) is 6.42 Å². The fraction of sp³-hybridized carbons (Fsp3) is 0.278. The lowest BCUT2D eigenvalue weighted by Crippen LogP contribution is -2.38. The van der Waals surface area contributed by atoms with Crippen molar-refractivity contribution in [1.82, 2.24) is 0 Å². The number of carbonyl (C=O) groups excluding carboxylic acids is 1. The summed E-state index contributed by atoms with van der Waals surface area (Å²) in [6.45, 7) is 0.421. The minimum absolute atomic E-state index is 0.126. The molecule has 138 valence electrons. The zero-order chi connectivity index (χ0) is 18.7. The second kappa shape index (κ2) is 7.55. The molecule has 0 atom stereocenters. The Balaban J connectivity index is 1.87. The molecule has 2 aromatic carbocycles. The molecule has 0 radical (unpaired) electrons. The van der Waals surface area contributed by atoms with Gasteiger partial charge in [0.15, 0.2) is 0 Å². The molecule has 1 amide bonds. The Labute approximate surface area is 157 Å². The van der Waals surface area contributed by atoms with E-state index in [1.807, 2.05) is 0 Å². The van der Waals surface area contributed by atoms with Crippen molar-refractivity contribution in [2.75, 3.05) is 29.0 Å². The molecule has 0 unspecified atom stereocenters. The van der Waals surface area contributed by atoms with Crippen LogP contribution in [0.5, 0.6) is 5.75 Å². The first-order valence-corrected chi connectivity index (χ1v) is 10.2. The summed E-state index contributed by atoms with van der Waals surface area (Å²) >= 11 is 6.04. The predicted octanol–water partition coefficient (Wildman–Crippen LogP) is 3.53. The van der Waals surface area contributed by atoms with Crippen LogP contribution in [0.1, 0.15) is 23.2 Å². The molecule has 26 heavy (non-hydrogen) atoms. The third kappa shape index (κ3) is 3.78. The van der Waals surface area contributed by atoms with Crippen LogP contribution in [0.25, 0.3) is 0 Å². The Morgan fingerprint density at radius 3 is 2.65 bits per heavy atom. The van der Waals surface area contributed by atoms with Crippen molar-refractivity contribution in [3.05, 3.63) is 53.1 Å². The van der Waals surface area contributed by atoms with E-state index in [1.54, 1.807) is 42.5 Å². The SMILES string of the molecule is COc1cc(NC(=O)c2ccccc2Cl)ccc1N1CCCCS1(=O)=O. The highest BCUT2D eigenvalue weighted by molar-refractivity contribution is 7.92. The van der Waals surface area contributed by atoms with Crippen molar-refractivity contribution in [3.8, 4) is 5.75 Å². The smallest absolute Gasteiger partial charge is 0.257 e. The highest BCUT2D eigenvalue weighted by atomic mass is 35.5. The number of rotatable bonds is 4. The zero-order valence-corrected chi connectivity index (χ0v) is 15.8. The summed E-state index contributed by atoms with van der Waals surface area (Å²) in [6.07, 6.45) is 1.46. The number of nitrogens with one attached hydrogen (secondary N) is 1. The Bertz CT molecular complexity index is 931. The van der Waals surface area contributed by atoms with Gasteiger partial charge >= 0.3 is 0 Å². The maximum atomic E-state index is 12.4. The molecule has 0 bridgehead atoms. The summed E-state index contributed by atoms with van der Waals surface area (Å²) in [7, 11) is -1.88. The average Bonchev–Trinajstić information content (AvgIpc) is 2.62. The molecule has 0 spiro atoms. The van der Waals surface area contributed by atoms with Gasteiger partial charge in [-0.1, -0.05) is 23.7 Å². The van der Waals surface area contributed by atoms with Gasteiger partial charge in [0.25, 0.3) is 5.91 Å². The van der Waals surface area contributed by atoms with E-state index >= 15 is 0 Å². The summed E-state index contributed by atoms with van der Waals surface area (Å²) in [5, 5.41) is 3.11. The third-order valence-corrected chi connectivity index (χ3v) is 6.36. The van der Waals surface area contributed by atoms with Gasteiger partial charge in [-0.3, -0.25) is 9.10 Å². The molecular formula is C18H19ClN2O4S. The van der Waals surface area contributed by atoms with E-state index < -0.39 is 10.0 Å². The molecule has 8 heteroatoms. The minimum atomic E-state index is -3.35. The number of methoxy groups -OCH3 is 1. The highest BCUT2D eigenvalue weighted by Crippen LogP contribution is 2.35. The number of carbonyl (C=O) groups is 1. The van der Waals surface area contributed by atoms with Crippen molar-refractivity contribution in [1.29, 1.82) is 0 Å². The maximum Gasteiger partial charge on any atom is 0.257 e. The number of sulfonamides is 1. The van der Waals surface area contributed by atoms with Gasteiger partial charge in [-0.05, 0) is 37.1 Å². The van der Waals surface area contributed by atoms with Gasteiger partial charge in [0, 0.05) is 18.3 Å². The van der Waals surface area contributed by atoms with E-state index in [2.05, 4.69) is 5.32 Å². The zero-order valence-electron chi connectivity index (χ0n) is 14.2. The lowest BCUT2D eigenvalue weighted by atomic mass is 10.2. The molecule has 1 N–H and O–H groups in total. The molecule has 2 aromatic rings.